The Bertz CT molecular complexity index is 605. The second kappa shape index (κ2) is 4.31. The van der Waals surface area contributed by atoms with E-state index in [4.69, 9.17) is 15.2 Å². The predicted octanol–water partition coefficient (Wildman–Crippen LogP) is 1.98. The molecule has 0 amide bonds. The number of fused-ring (bicyclic) bond motifs is 1. The molecule has 3 rings (SSSR count). The van der Waals surface area contributed by atoms with Gasteiger partial charge in [0.2, 0.25) is 0 Å². The van der Waals surface area contributed by atoms with Crippen molar-refractivity contribution in [2.45, 2.75) is 6.10 Å². The van der Waals surface area contributed by atoms with Crippen LogP contribution in [0.2, 0.25) is 0 Å². The molecule has 1 aliphatic heterocycles. The first-order valence-corrected chi connectivity index (χ1v) is 5.81. The molecule has 1 fully saturated rings. The summed E-state index contributed by atoms with van der Waals surface area (Å²) in [6, 6.07) is 11.3. The van der Waals surface area contributed by atoms with Gasteiger partial charge in [-0.05, 0) is 22.9 Å². The highest BCUT2D eigenvalue weighted by atomic mass is 16.6. The minimum Gasteiger partial charge on any atom is -0.454 e. The van der Waals surface area contributed by atoms with Gasteiger partial charge < -0.3 is 15.2 Å². The van der Waals surface area contributed by atoms with Crippen molar-refractivity contribution in [2.75, 3.05) is 18.9 Å². The van der Waals surface area contributed by atoms with E-state index < -0.39 is 0 Å². The number of anilines is 1. The quantitative estimate of drug-likeness (QED) is 0.647. The minimum atomic E-state index is -0.383. The van der Waals surface area contributed by atoms with Crippen molar-refractivity contribution in [3.05, 3.63) is 42.0 Å². The van der Waals surface area contributed by atoms with Crippen molar-refractivity contribution >= 4 is 22.4 Å². The lowest BCUT2D eigenvalue weighted by atomic mass is 10.1. The number of nitrogens with two attached hydrogens (primary N) is 1. The van der Waals surface area contributed by atoms with E-state index in [2.05, 4.69) is 0 Å². The Balaban J connectivity index is 1.94. The van der Waals surface area contributed by atoms with Gasteiger partial charge in [-0.3, -0.25) is 0 Å². The van der Waals surface area contributed by atoms with Crippen molar-refractivity contribution in [1.82, 2.24) is 0 Å². The molecule has 0 bridgehead atoms. The van der Waals surface area contributed by atoms with E-state index in [0.717, 1.165) is 10.8 Å². The van der Waals surface area contributed by atoms with Crippen LogP contribution in [0.25, 0.3) is 10.8 Å². The topological polar surface area (TPSA) is 61.6 Å². The maximum Gasteiger partial charge on any atom is 0.340 e. The van der Waals surface area contributed by atoms with E-state index in [1.807, 2.05) is 24.3 Å². The number of rotatable bonds is 2. The molecule has 4 nitrogen and oxygen atoms in total. The van der Waals surface area contributed by atoms with E-state index in [1.54, 1.807) is 12.1 Å². The molecule has 0 radical (unpaired) electrons. The van der Waals surface area contributed by atoms with Crippen LogP contribution in [0, 0.1) is 0 Å². The largest absolute Gasteiger partial charge is 0.454 e. The van der Waals surface area contributed by atoms with Crippen molar-refractivity contribution in [3.8, 4) is 0 Å². The summed E-state index contributed by atoms with van der Waals surface area (Å²) >= 11 is 0. The van der Waals surface area contributed by atoms with Crippen LogP contribution in [0.5, 0.6) is 0 Å². The van der Waals surface area contributed by atoms with Gasteiger partial charge in [0.25, 0.3) is 0 Å². The number of carbonyl (C=O) groups is 1. The van der Waals surface area contributed by atoms with Crippen molar-refractivity contribution in [1.29, 1.82) is 0 Å². The number of esters is 1. The molecule has 2 N–H and O–H groups in total. The Labute approximate surface area is 104 Å². The molecule has 1 aliphatic rings. The van der Waals surface area contributed by atoms with Crippen molar-refractivity contribution in [2.24, 2.45) is 0 Å². The Hall–Kier alpha value is -2.07. The molecule has 0 aromatic heterocycles. The molecule has 92 valence electrons. The molecule has 2 aromatic carbocycles. The first-order valence-electron chi connectivity index (χ1n) is 5.81. The van der Waals surface area contributed by atoms with Gasteiger partial charge in [-0.15, -0.1) is 0 Å². The molecule has 0 spiro atoms. The van der Waals surface area contributed by atoms with E-state index in [-0.39, 0.29) is 12.1 Å². The number of hydrogen-bond donors (Lipinski definition) is 1. The number of benzene rings is 2. The summed E-state index contributed by atoms with van der Waals surface area (Å²) in [5.41, 5.74) is 6.75. The molecular formula is C14H13NO3. The number of hydrogen-bond acceptors (Lipinski definition) is 4. The lowest BCUT2D eigenvalue weighted by Crippen LogP contribution is -2.37. The van der Waals surface area contributed by atoms with E-state index in [1.165, 1.54) is 0 Å². The molecule has 1 heterocycles. The zero-order valence-corrected chi connectivity index (χ0v) is 9.76. The fourth-order valence-corrected chi connectivity index (χ4v) is 1.93. The van der Waals surface area contributed by atoms with Crippen LogP contribution in [-0.2, 0) is 9.47 Å². The van der Waals surface area contributed by atoms with Gasteiger partial charge in [-0.25, -0.2) is 4.79 Å². The smallest absolute Gasteiger partial charge is 0.340 e. The summed E-state index contributed by atoms with van der Waals surface area (Å²) < 4.78 is 10.2. The zero-order chi connectivity index (χ0) is 12.5. The summed E-state index contributed by atoms with van der Waals surface area (Å²) in [4.78, 5) is 12.0. The minimum absolute atomic E-state index is 0.136. The van der Waals surface area contributed by atoms with Gasteiger partial charge in [-0.1, -0.05) is 24.3 Å². The monoisotopic (exact) mass is 243 g/mol. The van der Waals surface area contributed by atoms with Crippen LogP contribution >= 0.6 is 0 Å². The Morgan fingerprint density at radius 1 is 1.22 bits per heavy atom. The fourth-order valence-electron chi connectivity index (χ4n) is 1.93. The van der Waals surface area contributed by atoms with Crippen LogP contribution in [0.1, 0.15) is 10.4 Å². The first kappa shape index (κ1) is 11.0. The Kier molecular flexibility index (Phi) is 2.64. The van der Waals surface area contributed by atoms with Gasteiger partial charge >= 0.3 is 5.97 Å². The predicted molar refractivity (Wildman–Crippen MR) is 68.4 cm³/mol. The van der Waals surface area contributed by atoms with Crippen molar-refractivity contribution in [3.63, 3.8) is 0 Å². The highest BCUT2D eigenvalue weighted by molar-refractivity contribution is 6.01. The van der Waals surface area contributed by atoms with Gasteiger partial charge in [0, 0.05) is 5.69 Å². The molecule has 4 heteroatoms. The van der Waals surface area contributed by atoms with Crippen LogP contribution in [0.15, 0.2) is 36.4 Å². The molecule has 0 atom stereocenters. The summed E-state index contributed by atoms with van der Waals surface area (Å²) in [5, 5.41) is 1.99. The molecule has 18 heavy (non-hydrogen) atoms. The zero-order valence-electron chi connectivity index (χ0n) is 9.76. The molecule has 1 saturated heterocycles. The summed E-state index contributed by atoms with van der Waals surface area (Å²) in [5.74, 6) is -0.383. The SMILES string of the molecule is Nc1cc2ccccc2cc1C(=O)OC1COC1. The maximum absolute atomic E-state index is 12.0. The van der Waals surface area contributed by atoms with Gasteiger partial charge in [0.15, 0.2) is 0 Å². The highest BCUT2D eigenvalue weighted by Crippen LogP contribution is 2.23. The summed E-state index contributed by atoms with van der Waals surface area (Å²) in [7, 11) is 0. The maximum atomic E-state index is 12.0. The molecule has 0 unspecified atom stereocenters. The third kappa shape index (κ3) is 1.91. The van der Waals surface area contributed by atoms with Gasteiger partial charge in [-0.2, -0.15) is 0 Å². The molecule has 0 aliphatic carbocycles. The summed E-state index contributed by atoms with van der Waals surface area (Å²) in [6.07, 6.45) is -0.136. The van der Waals surface area contributed by atoms with E-state index in [9.17, 15) is 4.79 Å². The van der Waals surface area contributed by atoms with Crippen molar-refractivity contribution < 1.29 is 14.3 Å². The number of nitrogen functional groups attached to an aromatic ring is 1. The van der Waals surface area contributed by atoms with Crippen LogP contribution in [0.4, 0.5) is 5.69 Å². The standard InChI is InChI=1S/C14H13NO3/c15-13-6-10-4-2-1-3-9(10)5-12(13)14(16)18-11-7-17-8-11/h1-6,11H,7-8,15H2. The lowest BCUT2D eigenvalue weighted by molar-refractivity contribution is -0.103. The van der Waals surface area contributed by atoms with Crippen LogP contribution in [-0.4, -0.2) is 25.3 Å². The number of ether oxygens (including phenoxy) is 2. The second-order valence-corrected chi connectivity index (χ2v) is 4.35. The molecule has 2 aromatic rings. The van der Waals surface area contributed by atoms with E-state index >= 15 is 0 Å². The second-order valence-electron chi connectivity index (χ2n) is 4.35. The number of carbonyl (C=O) groups excluding carboxylic acids is 1. The third-order valence-corrected chi connectivity index (χ3v) is 3.02. The highest BCUT2D eigenvalue weighted by Gasteiger charge is 2.24. The van der Waals surface area contributed by atoms with Crippen LogP contribution < -0.4 is 5.73 Å². The first-order chi connectivity index (χ1) is 8.74. The fraction of sp³-hybridized carbons (Fsp3) is 0.214. The average molecular weight is 243 g/mol. The van der Waals surface area contributed by atoms with E-state index in [0.29, 0.717) is 24.5 Å². The summed E-state index contributed by atoms with van der Waals surface area (Å²) in [6.45, 7) is 0.943. The normalized spacial score (nSPS) is 15.3. The van der Waals surface area contributed by atoms with Gasteiger partial charge in [0.05, 0.1) is 18.8 Å². The Morgan fingerprint density at radius 2 is 1.89 bits per heavy atom. The van der Waals surface area contributed by atoms with Gasteiger partial charge in [0.1, 0.15) is 6.10 Å². The Morgan fingerprint density at radius 3 is 2.50 bits per heavy atom. The molecular weight excluding hydrogens is 230 g/mol. The third-order valence-electron chi connectivity index (χ3n) is 3.02. The molecule has 0 saturated carbocycles. The van der Waals surface area contributed by atoms with Crippen LogP contribution in [0.3, 0.4) is 0 Å². The average Bonchev–Trinajstić information content (AvgIpc) is 2.32. The lowest BCUT2D eigenvalue weighted by Gasteiger charge is -2.25.